The second-order valence-electron chi connectivity index (χ2n) is 3.69. The Hall–Kier alpha value is -2.19. The van der Waals surface area contributed by atoms with Gasteiger partial charge in [0, 0.05) is 4.90 Å². The van der Waals surface area contributed by atoms with E-state index in [1.165, 1.54) is 23.9 Å². The highest BCUT2D eigenvalue weighted by Crippen LogP contribution is 2.31. The van der Waals surface area contributed by atoms with Crippen LogP contribution in [0.1, 0.15) is 0 Å². The van der Waals surface area contributed by atoms with E-state index in [1.807, 2.05) is 0 Å². The number of H-pyrrole nitrogens is 1. The predicted octanol–water partition coefficient (Wildman–Crippen LogP) is 1.93. The standard InChI is InChI=1S/C11H9FN6S/c12-6-2-1-3-7(4-6)19-10-8-5-14-18-9(8)15-11(16-10)17-13/h1-5H,13H2,(H2,14,15,16,17,18). The highest BCUT2D eigenvalue weighted by atomic mass is 32.2. The number of nitrogens with zero attached hydrogens (tertiary/aromatic N) is 3. The molecule has 3 rings (SSSR count). The summed E-state index contributed by atoms with van der Waals surface area (Å²) in [5, 5.41) is 8.07. The van der Waals surface area contributed by atoms with Gasteiger partial charge in [-0.25, -0.2) is 15.2 Å². The zero-order valence-corrected chi connectivity index (χ0v) is 10.4. The predicted molar refractivity (Wildman–Crippen MR) is 70.0 cm³/mol. The molecule has 96 valence electrons. The molecule has 1 aromatic carbocycles. The highest BCUT2D eigenvalue weighted by Gasteiger charge is 2.10. The lowest BCUT2D eigenvalue weighted by atomic mass is 10.4. The number of hydrazine groups is 1. The Labute approximate surface area is 111 Å². The maximum atomic E-state index is 13.2. The van der Waals surface area contributed by atoms with Gasteiger partial charge in [-0.15, -0.1) is 0 Å². The molecular weight excluding hydrogens is 267 g/mol. The van der Waals surface area contributed by atoms with E-state index in [4.69, 9.17) is 5.84 Å². The number of rotatable bonds is 3. The Morgan fingerprint density at radius 2 is 2.21 bits per heavy atom. The summed E-state index contributed by atoms with van der Waals surface area (Å²) >= 11 is 1.32. The Morgan fingerprint density at radius 1 is 1.32 bits per heavy atom. The fraction of sp³-hybridized carbons (Fsp3) is 0. The normalized spacial score (nSPS) is 10.8. The maximum absolute atomic E-state index is 13.2. The van der Waals surface area contributed by atoms with E-state index in [2.05, 4.69) is 25.6 Å². The van der Waals surface area contributed by atoms with Crippen molar-refractivity contribution in [3.63, 3.8) is 0 Å². The number of hydrogen-bond donors (Lipinski definition) is 3. The summed E-state index contributed by atoms with van der Waals surface area (Å²) in [5.41, 5.74) is 2.96. The number of nitrogens with one attached hydrogen (secondary N) is 2. The molecule has 0 radical (unpaired) electrons. The Kier molecular flexibility index (Phi) is 3.02. The molecule has 8 heteroatoms. The molecule has 0 amide bonds. The first-order chi connectivity index (χ1) is 9.26. The van der Waals surface area contributed by atoms with Crippen LogP contribution in [0.15, 0.2) is 40.4 Å². The van der Waals surface area contributed by atoms with Crippen LogP contribution in [-0.4, -0.2) is 20.2 Å². The molecule has 0 aliphatic rings. The molecule has 6 nitrogen and oxygen atoms in total. The molecule has 0 aliphatic carbocycles. The molecule has 19 heavy (non-hydrogen) atoms. The fourth-order valence-corrected chi connectivity index (χ4v) is 2.53. The van der Waals surface area contributed by atoms with Gasteiger partial charge < -0.3 is 0 Å². The van der Waals surface area contributed by atoms with E-state index in [0.717, 1.165) is 10.3 Å². The fourth-order valence-electron chi connectivity index (χ4n) is 1.59. The summed E-state index contributed by atoms with van der Waals surface area (Å²) in [7, 11) is 0. The quantitative estimate of drug-likeness (QED) is 0.384. The van der Waals surface area contributed by atoms with E-state index in [1.54, 1.807) is 18.3 Å². The van der Waals surface area contributed by atoms with Crippen molar-refractivity contribution >= 4 is 28.7 Å². The van der Waals surface area contributed by atoms with Crippen LogP contribution in [0.2, 0.25) is 0 Å². The average molecular weight is 276 g/mol. The van der Waals surface area contributed by atoms with Crippen molar-refractivity contribution in [2.75, 3.05) is 5.43 Å². The third-order valence-corrected chi connectivity index (χ3v) is 3.41. The monoisotopic (exact) mass is 276 g/mol. The Morgan fingerprint density at radius 3 is 3.00 bits per heavy atom. The minimum Gasteiger partial charge on any atom is -0.292 e. The lowest BCUT2D eigenvalue weighted by Gasteiger charge is -2.04. The van der Waals surface area contributed by atoms with Gasteiger partial charge in [-0.2, -0.15) is 10.1 Å². The van der Waals surface area contributed by atoms with Gasteiger partial charge in [-0.1, -0.05) is 17.8 Å². The first-order valence-electron chi connectivity index (χ1n) is 5.37. The van der Waals surface area contributed by atoms with Gasteiger partial charge in [0.25, 0.3) is 0 Å². The molecule has 0 unspecified atom stereocenters. The summed E-state index contributed by atoms with van der Waals surface area (Å²) in [6.45, 7) is 0. The summed E-state index contributed by atoms with van der Waals surface area (Å²) in [4.78, 5) is 9.11. The van der Waals surface area contributed by atoms with Crippen molar-refractivity contribution in [1.29, 1.82) is 0 Å². The molecule has 0 saturated carbocycles. The molecule has 0 spiro atoms. The number of fused-ring (bicyclic) bond motifs is 1. The summed E-state index contributed by atoms with van der Waals surface area (Å²) < 4.78 is 13.2. The van der Waals surface area contributed by atoms with Gasteiger partial charge in [0.05, 0.1) is 11.6 Å². The molecule has 4 N–H and O–H groups in total. The minimum absolute atomic E-state index is 0.274. The first-order valence-corrected chi connectivity index (χ1v) is 6.19. The van der Waals surface area contributed by atoms with Gasteiger partial charge in [0.1, 0.15) is 10.8 Å². The number of anilines is 1. The van der Waals surface area contributed by atoms with E-state index >= 15 is 0 Å². The number of nitrogens with two attached hydrogens (primary N) is 1. The maximum Gasteiger partial charge on any atom is 0.240 e. The van der Waals surface area contributed by atoms with Crippen LogP contribution in [0.25, 0.3) is 11.0 Å². The van der Waals surface area contributed by atoms with Crippen molar-refractivity contribution in [2.24, 2.45) is 5.84 Å². The Balaban J connectivity index is 2.06. The van der Waals surface area contributed by atoms with Crippen LogP contribution in [-0.2, 0) is 0 Å². The summed E-state index contributed by atoms with van der Waals surface area (Å²) in [6, 6.07) is 6.28. The van der Waals surface area contributed by atoms with E-state index < -0.39 is 0 Å². The van der Waals surface area contributed by atoms with Crippen molar-refractivity contribution in [3.05, 3.63) is 36.3 Å². The van der Waals surface area contributed by atoms with Crippen LogP contribution in [0.3, 0.4) is 0 Å². The number of halogens is 1. The number of aromatic nitrogens is 4. The number of aromatic amines is 1. The van der Waals surface area contributed by atoms with E-state index in [-0.39, 0.29) is 11.8 Å². The van der Waals surface area contributed by atoms with Crippen LogP contribution >= 0.6 is 11.8 Å². The van der Waals surface area contributed by atoms with Crippen molar-refractivity contribution in [1.82, 2.24) is 20.2 Å². The van der Waals surface area contributed by atoms with Crippen LogP contribution < -0.4 is 11.3 Å². The molecule has 0 atom stereocenters. The molecule has 2 aromatic heterocycles. The number of hydrogen-bond acceptors (Lipinski definition) is 6. The molecule has 0 aliphatic heterocycles. The molecule has 0 bridgehead atoms. The summed E-state index contributed by atoms with van der Waals surface area (Å²) in [5.74, 6) is 5.30. The largest absolute Gasteiger partial charge is 0.292 e. The molecule has 0 fully saturated rings. The lowest BCUT2D eigenvalue weighted by Crippen LogP contribution is -2.10. The third-order valence-electron chi connectivity index (χ3n) is 2.41. The SMILES string of the molecule is NNc1nc(Sc2cccc(F)c2)c2cn[nH]c2n1. The van der Waals surface area contributed by atoms with E-state index in [9.17, 15) is 4.39 Å². The van der Waals surface area contributed by atoms with E-state index in [0.29, 0.717) is 10.7 Å². The molecule has 0 saturated heterocycles. The van der Waals surface area contributed by atoms with Crippen LogP contribution in [0, 0.1) is 5.82 Å². The minimum atomic E-state index is -0.292. The first kappa shape index (κ1) is 11.9. The average Bonchev–Trinajstić information content (AvgIpc) is 2.87. The molecule has 3 aromatic rings. The smallest absolute Gasteiger partial charge is 0.240 e. The summed E-state index contributed by atoms with van der Waals surface area (Å²) in [6.07, 6.45) is 1.62. The topological polar surface area (TPSA) is 92.5 Å². The van der Waals surface area contributed by atoms with Crippen molar-refractivity contribution in [2.45, 2.75) is 9.92 Å². The van der Waals surface area contributed by atoms with Gasteiger partial charge in [0.15, 0.2) is 5.65 Å². The van der Waals surface area contributed by atoms with Gasteiger partial charge >= 0.3 is 0 Å². The van der Waals surface area contributed by atoms with Gasteiger partial charge in [-0.3, -0.25) is 10.5 Å². The van der Waals surface area contributed by atoms with Crippen LogP contribution in [0.5, 0.6) is 0 Å². The Bertz CT molecular complexity index is 728. The second-order valence-corrected chi connectivity index (χ2v) is 4.75. The number of nitrogen functional groups attached to an aromatic ring is 1. The zero-order valence-electron chi connectivity index (χ0n) is 9.59. The third kappa shape index (κ3) is 2.35. The van der Waals surface area contributed by atoms with Crippen LogP contribution in [0.4, 0.5) is 10.3 Å². The lowest BCUT2D eigenvalue weighted by molar-refractivity contribution is 0.624. The highest BCUT2D eigenvalue weighted by molar-refractivity contribution is 7.99. The van der Waals surface area contributed by atoms with Gasteiger partial charge in [-0.05, 0) is 18.2 Å². The second kappa shape index (κ2) is 4.82. The molecular formula is C11H9FN6S. The van der Waals surface area contributed by atoms with Crippen molar-refractivity contribution < 1.29 is 4.39 Å². The van der Waals surface area contributed by atoms with Gasteiger partial charge in [0.2, 0.25) is 5.95 Å². The van der Waals surface area contributed by atoms with Crippen molar-refractivity contribution in [3.8, 4) is 0 Å². The number of benzene rings is 1. The zero-order chi connectivity index (χ0) is 13.2. The molecule has 2 heterocycles.